The number of hydrogen-bond acceptors (Lipinski definition) is 3. The summed E-state index contributed by atoms with van der Waals surface area (Å²) in [6, 6.07) is 0.398. The lowest BCUT2D eigenvalue weighted by Crippen LogP contribution is -2.45. The van der Waals surface area contributed by atoms with Gasteiger partial charge in [-0.1, -0.05) is 34.1 Å². The highest BCUT2D eigenvalue weighted by molar-refractivity contribution is 7.98. The molecule has 18 heavy (non-hydrogen) atoms. The van der Waals surface area contributed by atoms with E-state index in [1.165, 1.54) is 0 Å². The summed E-state index contributed by atoms with van der Waals surface area (Å²) < 4.78 is 0. The Morgan fingerprint density at radius 2 is 2.00 bits per heavy atom. The van der Waals surface area contributed by atoms with Crippen LogP contribution in [0.4, 0.5) is 0 Å². The summed E-state index contributed by atoms with van der Waals surface area (Å²) in [5.41, 5.74) is 0. The largest absolute Gasteiger partial charge is 0.322 e. The molecule has 0 spiro atoms. The van der Waals surface area contributed by atoms with E-state index in [0.29, 0.717) is 17.9 Å². The van der Waals surface area contributed by atoms with Crippen LogP contribution < -0.4 is 5.32 Å². The van der Waals surface area contributed by atoms with Crippen molar-refractivity contribution in [3.63, 3.8) is 0 Å². The van der Waals surface area contributed by atoms with Crippen LogP contribution in [0.3, 0.4) is 0 Å². The lowest BCUT2D eigenvalue weighted by atomic mass is 9.99. The second-order valence-electron chi connectivity index (χ2n) is 5.22. The van der Waals surface area contributed by atoms with Crippen LogP contribution in [-0.4, -0.2) is 41.1 Å². The van der Waals surface area contributed by atoms with Crippen LogP contribution >= 0.6 is 11.8 Å². The molecule has 0 bridgehead atoms. The van der Waals surface area contributed by atoms with Crippen molar-refractivity contribution in [2.45, 2.75) is 65.2 Å². The lowest BCUT2D eigenvalue weighted by Gasteiger charge is -2.31. The number of rotatable bonds is 7. The molecule has 1 amide bonds. The number of nitrogens with one attached hydrogen (secondary N) is 1. The standard InChI is InChI=1S/C14H28N2OS/c1-6-10(4)13-14(17)16(12(8-3)15-13)11(7-2)9-18-5/h10-13,15H,6-9H2,1-5H3. The fraction of sp³-hybridized carbons (Fsp3) is 0.929. The third kappa shape index (κ3) is 3.21. The summed E-state index contributed by atoms with van der Waals surface area (Å²) in [5.74, 6) is 1.77. The van der Waals surface area contributed by atoms with Crippen molar-refractivity contribution in [1.29, 1.82) is 0 Å². The number of carbonyl (C=O) groups is 1. The highest BCUT2D eigenvalue weighted by atomic mass is 32.2. The number of amides is 1. The average molecular weight is 272 g/mol. The average Bonchev–Trinajstić information content (AvgIpc) is 2.72. The van der Waals surface area contributed by atoms with Crippen molar-refractivity contribution in [2.75, 3.05) is 12.0 Å². The first-order chi connectivity index (χ1) is 8.60. The maximum Gasteiger partial charge on any atom is 0.241 e. The van der Waals surface area contributed by atoms with E-state index < -0.39 is 0 Å². The fourth-order valence-corrected chi connectivity index (χ4v) is 3.43. The Bertz CT molecular complexity index is 273. The minimum Gasteiger partial charge on any atom is -0.322 e. The predicted molar refractivity (Wildman–Crippen MR) is 79.8 cm³/mol. The molecule has 0 aliphatic carbocycles. The molecular weight excluding hydrogens is 244 g/mol. The molecule has 1 aliphatic rings. The smallest absolute Gasteiger partial charge is 0.241 e. The van der Waals surface area contributed by atoms with Gasteiger partial charge in [-0.25, -0.2) is 0 Å². The van der Waals surface area contributed by atoms with E-state index in [9.17, 15) is 4.79 Å². The van der Waals surface area contributed by atoms with E-state index >= 15 is 0 Å². The molecule has 3 nitrogen and oxygen atoms in total. The van der Waals surface area contributed by atoms with E-state index in [4.69, 9.17) is 0 Å². The van der Waals surface area contributed by atoms with Gasteiger partial charge in [0.2, 0.25) is 5.91 Å². The van der Waals surface area contributed by atoms with Crippen LogP contribution in [0.15, 0.2) is 0 Å². The Kier molecular flexibility index (Phi) is 6.50. The van der Waals surface area contributed by atoms with Gasteiger partial charge in [-0.15, -0.1) is 0 Å². The summed E-state index contributed by atoms with van der Waals surface area (Å²) in [7, 11) is 0. The summed E-state index contributed by atoms with van der Waals surface area (Å²) in [5, 5.41) is 3.53. The van der Waals surface area contributed by atoms with E-state index in [2.05, 4.69) is 44.2 Å². The first-order valence-electron chi connectivity index (χ1n) is 7.17. The third-order valence-electron chi connectivity index (χ3n) is 4.05. The number of thioether (sulfide) groups is 1. The van der Waals surface area contributed by atoms with Crippen molar-refractivity contribution in [2.24, 2.45) is 5.92 Å². The molecule has 4 atom stereocenters. The Labute approximate surface area is 116 Å². The fourth-order valence-electron chi connectivity index (χ4n) is 2.65. The second-order valence-corrected chi connectivity index (χ2v) is 6.13. The molecule has 1 heterocycles. The van der Waals surface area contributed by atoms with Gasteiger partial charge in [0.25, 0.3) is 0 Å². The second kappa shape index (κ2) is 7.39. The summed E-state index contributed by atoms with van der Waals surface area (Å²) >= 11 is 1.83. The molecule has 1 saturated heterocycles. The molecule has 4 heteroatoms. The SMILES string of the molecule is CCC(C)C1NC(CC)N(C(CC)CSC)C1=O. The molecule has 4 unspecified atom stereocenters. The van der Waals surface area contributed by atoms with Crippen molar-refractivity contribution in [3.8, 4) is 0 Å². The van der Waals surface area contributed by atoms with Gasteiger partial charge in [0.1, 0.15) is 0 Å². The van der Waals surface area contributed by atoms with Crippen molar-refractivity contribution >= 4 is 17.7 Å². The van der Waals surface area contributed by atoms with Crippen LogP contribution in [0.25, 0.3) is 0 Å². The molecule has 106 valence electrons. The van der Waals surface area contributed by atoms with Gasteiger partial charge in [0.15, 0.2) is 0 Å². The van der Waals surface area contributed by atoms with Gasteiger partial charge >= 0.3 is 0 Å². The normalized spacial score (nSPS) is 27.6. The minimum atomic E-state index is 0.0239. The predicted octanol–water partition coefficient (Wildman–Crippen LogP) is 2.71. The third-order valence-corrected chi connectivity index (χ3v) is 4.77. The number of nitrogens with zero attached hydrogens (tertiary/aromatic N) is 1. The summed E-state index contributed by atoms with van der Waals surface area (Å²) in [4.78, 5) is 14.7. The topological polar surface area (TPSA) is 32.3 Å². The van der Waals surface area contributed by atoms with E-state index in [1.807, 2.05) is 11.8 Å². The number of hydrogen-bond donors (Lipinski definition) is 1. The Morgan fingerprint density at radius 3 is 2.44 bits per heavy atom. The van der Waals surface area contributed by atoms with E-state index in [0.717, 1.165) is 25.0 Å². The molecule has 0 saturated carbocycles. The van der Waals surface area contributed by atoms with Crippen molar-refractivity contribution in [3.05, 3.63) is 0 Å². The Balaban J connectivity index is 2.84. The molecular formula is C14H28N2OS. The zero-order valence-electron chi connectivity index (χ0n) is 12.4. The van der Waals surface area contributed by atoms with Gasteiger partial charge in [-0.2, -0.15) is 11.8 Å². The zero-order chi connectivity index (χ0) is 13.7. The summed E-state index contributed by atoms with van der Waals surface area (Å²) in [6.45, 7) is 8.66. The first-order valence-corrected chi connectivity index (χ1v) is 8.57. The lowest BCUT2D eigenvalue weighted by molar-refractivity contribution is -0.132. The maximum atomic E-state index is 12.6. The number of carbonyl (C=O) groups excluding carboxylic acids is 1. The van der Waals surface area contributed by atoms with E-state index in [-0.39, 0.29) is 12.2 Å². The maximum absolute atomic E-state index is 12.6. The molecule has 0 aromatic heterocycles. The monoisotopic (exact) mass is 272 g/mol. The molecule has 1 rings (SSSR count). The Hall–Kier alpha value is -0.220. The Morgan fingerprint density at radius 1 is 1.33 bits per heavy atom. The van der Waals surface area contributed by atoms with Gasteiger partial charge in [-0.3, -0.25) is 10.1 Å². The van der Waals surface area contributed by atoms with Crippen LogP contribution in [0.1, 0.15) is 47.0 Å². The van der Waals surface area contributed by atoms with Gasteiger partial charge < -0.3 is 4.90 Å². The van der Waals surface area contributed by atoms with Crippen LogP contribution in [-0.2, 0) is 4.79 Å². The first kappa shape index (κ1) is 15.8. The summed E-state index contributed by atoms with van der Waals surface area (Å²) in [6.07, 6.45) is 5.42. The minimum absolute atomic E-state index is 0.0239. The molecule has 1 fully saturated rings. The molecule has 0 aromatic rings. The highest BCUT2D eigenvalue weighted by Crippen LogP contribution is 2.25. The molecule has 1 aliphatic heterocycles. The van der Waals surface area contributed by atoms with Gasteiger partial charge in [-0.05, 0) is 25.0 Å². The van der Waals surface area contributed by atoms with Crippen molar-refractivity contribution in [1.82, 2.24) is 10.2 Å². The molecule has 0 radical (unpaired) electrons. The quantitative estimate of drug-likeness (QED) is 0.773. The van der Waals surface area contributed by atoms with Crippen LogP contribution in [0, 0.1) is 5.92 Å². The zero-order valence-corrected chi connectivity index (χ0v) is 13.2. The van der Waals surface area contributed by atoms with Gasteiger partial charge in [0.05, 0.1) is 12.2 Å². The van der Waals surface area contributed by atoms with Crippen LogP contribution in [0.5, 0.6) is 0 Å². The highest BCUT2D eigenvalue weighted by Gasteiger charge is 2.42. The van der Waals surface area contributed by atoms with E-state index in [1.54, 1.807) is 0 Å². The molecule has 0 aromatic carbocycles. The van der Waals surface area contributed by atoms with Gasteiger partial charge in [0, 0.05) is 11.8 Å². The van der Waals surface area contributed by atoms with Crippen molar-refractivity contribution < 1.29 is 4.79 Å². The molecule has 1 N–H and O–H groups in total. The van der Waals surface area contributed by atoms with Crippen LogP contribution in [0.2, 0.25) is 0 Å².